The molecule has 4 rings (SSSR count). The summed E-state index contributed by atoms with van der Waals surface area (Å²) in [6.07, 6.45) is 0.684. The van der Waals surface area contributed by atoms with Crippen molar-refractivity contribution in [3.8, 4) is 5.75 Å². The lowest BCUT2D eigenvalue weighted by Crippen LogP contribution is -2.39. The Hall–Kier alpha value is -3.15. The Morgan fingerprint density at radius 2 is 1.92 bits per heavy atom. The molecule has 0 fully saturated rings. The van der Waals surface area contributed by atoms with Gasteiger partial charge in [0.05, 0.1) is 17.6 Å². The number of para-hydroxylation sites is 1. The summed E-state index contributed by atoms with van der Waals surface area (Å²) in [7, 11) is 0. The van der Waals surface area contributed by atoms with Crippen molar-refractivity contribution >= 4 is 16.7 Å². The van der Waals surface area contributed by atoms with E-state index in [1.807, 2.05) is 49.4 Å². The summed E-state index contributed by atoms with van der Waals surface area (Å²) in [5.74, 6) is 0.614. The molecule has 2 heterocycles. The summed E-state index contributed by atoms with van der Waals surface area (Å²) in [6.45, 7) is 2.12. The van der Waals surface area contributed by atoms with Crippen molar-refractivity contribution in [1.29, 1.82) is 0 Å². The fraction of sp³-hybridized carbons (Fsp3) is 0.250. The lowest BCUT2D eigenvalue weighted by molar-refractivity contribution is -0.122. The molecule has 1 amide bonds. The smallest absolute Gasteiger partial charge is 0.275 e. The fourth-order valence-corrected chi connectivity index (χ4v) is 3.30. The normalized spacial score (nSPS) is 15.5. The van der Waals surface area contributed by atoms with E-state index in [0.29, 0.717) is 11.9 Å². The maximum atomic E-state index is 12.5. The number of nitrogens with zero attached hydrogens (tertiary/aromatic N) is 2. The Balaban J connectivity index is 1.42. The second kappa shape index (κ2) is 6.63. The lowest BCUT2D eigenvalue weighted by atomic mass is 10.1. The van der Waals surface area contributed by atoms with Gasteiger partial charge in [-0.1, -0.05) is 36.4 Å². The molecular weight excluding hydrogens is 330 g/mol. The number of hydrogen-bond acceptors (Lipinski definition) is 4. The zero-order valence-electron chi connectivity index (χ0n) is 14.4. The first kappa shape index (κ1) is 16.3. The number of benzene rings is 2. The van der Waals surface area contributed by atoms with E-state index < -0.39 is 0 Å². The molecule has 1 unspecified atom stereocenters. The van der Waals surface area contributed by atoms with Crippen LogP contribution in [0, 0.1) is 6.92 Å². The Labute approximate surface area is 150 Å². The van der Waals surface area contributed by atoms with Crippen LogP contribution in [0.3, 0.4) is 0 Å². The number of aromatic nitrogens is 2. The van der Waals surface area contributed by atoms with Gasteiger partial charge in [-0.25, -0.2) is 4.68 Å². The van der Waals surface area contributed by atoms with Crippen molar-refractivity contribution < 1.29 is 9.53 Å². The molecule has 0 bridgehead atoms. The van der Waals surface area contributed by atoms with Crippen molar-refractivity contribution in [1.82, 2.24) is 15.1 Å². The van der Waals surface area contributed by atoms with Crippen molar-refractivity contribution in [3.05, 3.63) is 70.1 Å². The third kappa shape index (κ3) is 3.06. The largest absolute Gasteiger partial charge is 0.488 e. The second-order valence-corrected chi connectivity index (χ2v) is 6.45. The first-order valence-corrected chi connectivity index (χ1v) is 8.59. The number of carbonyl (C=O) groups excluding carboxylic acids is 1. The molecule has 1 aromatic heterocycles. The Bertz CT molecular complexity index is 1020. The Kier molecular flexibility index (Phi) is 4.16. The molecule has 1 aliphatic heterocycles. The molecule has 6 nitrogen and oxygen atoms in total. The molecule has 6 heteroatoms. The Morgan fingerprint density at radius 3 is 2.73 bits per heavy atom. The van der Waals surface area contributed by atoms with Crippen LogP contribution < -0.4 is 15.6 Å². The average molecular weight is 349 g/mol. The summed E-state index contributed by atoms with van der Waals surface area (Å²) in [4.78, 5) is 24.8. The molecule has 1 atom stereocenters. The number of carbonyl (C=O) groups is 1. The number of hydrogen-bond donors (Lipinski definition) is 1. The van der Waals surface area contributed by atoms with Crippen molar-refractivity contribution in [3.63, 3.8) is 0 Å². The highest BCUT2D eigenvalue weighted by atomic mass is 16.5. The number of aryl methyl sites for hydroxylation is 1. The molecular formula is C20H19N3O3. The highest BCUT2D eigenvalue weighted by Gasteiger charge is 2.22. The standard InChI is InChI=1S/C20H19N3O3/c1-13-16-7-3-4-8-17(16)20(25)23(22-13)12-19(24)21-11-15-10-14-6-2-5-9-18(14)26-15/h2-9,15H,10-12H2,1H3,(H,21,24). The minimum absolute atomic E-state index is 0.0839. The van der Waals surface area contributed by atoms with Crippen LogP contribution in [0.2, 0.25) is 0 Å². The summed E-state index contributed by atoms with van der Waals surface area (Å²) in [5.41, 5.74) is 1.61. The first-order valence-electron chi connectivity index (χ1n) is 8.59. The number of rotatable bonds is 4. The molecule has 0 aliphatic carbocycles. The Morgan fingerprint density at radius 1 is 1.19 bits per heavy atom. The predicted octanol–water partition coefficient (Wildman–Crippen LogP) is 1.82. The summed E-state index contributed by atoms with van der Waals surface area (Å²) in [6, 6.07) is 15.2. The van der Waals surface area contributed by atoms with Gasteiger partial charge in [0.25, 0.3) is 5.56 Å². The maximum absolute atomic E-state index is 12.5. The number of nitrogens with one attached hydrogen (secondary N) is 1. The van der Waals surface area contributed by atoms with Crippen LogP contribution in [0.4, 0.5) is 0 Å². The topological polar surface area (TPSA) is 73.2 Å². The van der Waals surface area contributed by atoms with Crippen LogP contribution in [-0.4, -0.2) is 28.3 Å². The van der Waals surface area contributed by atoms with Gasteiger partial charge in [-0.15, -0.1) is 0 Å². The third-order valence-corrected chi connectivity index (χ3v) is 4.59. The van der Waals surface area contributed by atoms with E-state index in [1.54, 1.807) is 6.07 Å². The number of amides is 1. The molecule has 0 saturated carbocycles. The van der Waals surface area contributed by atoms with E-state index in [2.05, 4.69) is 10.4 Å². The zero-order valence-corrected chi connectivity index (χ0v) is 14.4. The fourth-order valence-electron chi connectivity index (χ4n) is 3.30. The predicted molar refractivity (Wildman–Crippen MR) is 98.3 cm³/mol. The molecule has 132 valence electrons. The molecule has 1 N–H and O–H groups in total. The van der Waals surface area contributed by atoms with E-state index in [0.717, 1.165) is 28.8 Å². The minimum atomic E-state index is -0.258. The van der Waals surface area contributed by atoms with Gasteiger partial charge < -0.3 is 10.1 Å². The second-order valence-electron chi connectivity index (χ2n) is 6.45. The maximum Gasteiger partial charge on any atom is 0.275 e. The van der Waals surface area contributed by atoms with Gasteiger partial charge in [0.2, 0.25) is 5.91 Å². The monoisotopic (exact) mass is 349 g/mol. The third-order valence-electron chi connectivity index (χ3n) is 4.59. The van der Waals surface area contributed by atoms with Crippen molar-refractivity contribution in [2.24, 2.45) is 0 Å². The van der Waals surface area contributed by atoms with Gasteiger partial charge in [-0.3, -0.25) is 9.59 Å². The van der Waals surface area contributed by atoms with E-state index in [9.17, 15) is 9.59 Å². The average Bonchev–Trinajstić information content (AvgIpc) is 3.07. The van der Waals surface area contributed by atoms with Crippen LogP contribution >= 0.6 is 0 Å². The van der Waals surface area contributed by atoms with Gasteiger partial charge in [0.15, 0.2) is 0 Å². The minimum Gasteiger partial charge on any atom is -0.488 e. The molecule has 26 heavy (non-hydrogen) atoms. The van der Waals surface area contributed by atoms with Gasteiger partial charge in [-0.05, 0) is 24.6 Å². The van der Waals surface area contributed by atoms with Crippen LogP contribution in [0.15, 0.2) is 53.3 Å². The highest BCUT2D eigenvalue weighted by molar-refractivity contribution is 5.83. The summed E-state index contributed by atoms with van der Waals surface area (Å²) < 4.78 is 7.03. The molecule has 0 radical (unpaired) electrons. The van der Waals surface area contributed by atoms with Crippen molar-refractivity contribution in [2.45, 2.75) is 26.0 Å². The molecule has 0 spiro atoms. The molecule has 0 saturated heterocycles. The van der Waals surface area contributed by atoms with Gasteiger partial charge in [-0.2, -0.15) is 5.10 Å². The van der Waals surface area contributed by atoms with E-state index in [-0.39, 0.29) is 24.1 Å². The van der Waals surface area contributed by atoms with Crippen molar-refractivity contribution in [2.75, 3.05) is 6.54 Å². The van der Waals surface area contributed by atoms with Crippen LogP contribution in [0.25, 0.3) is 10.8 Å². The molecule has 1 aliphatic rings. The highest BCUT2D eigenvalue weighted by Crippen LogP contribution is 2.27. The first-order chi connectivity index (χ1) is 12.6. The van der Waals surface area contributed by atoms with E-state index >= 15 is 0 Å². The number of fused-ring (bicyclic) bond motifs is 2. The quantitative estimate of drug-likeness (QED) is 0.780. The van der Waals surface area contributed by atoms with Crippen LogP contribution in [-0.2, 0) is 17.8 Å². The van der Waals surface area contributed by atoms with Gasteiger partial charge >= 0.3 is 0 Å². The summed E-state index contributed by atoms with van der Waals surface area (Å²) in [5, 5.41) is 8.49. The van der Waals surface area contributed by atoms with E-state index in [1.165, 1.54) is 4.68 Å². The SMILES string of the molecule is Cc1nn(CC(=O)NCC2Cc3ccccc3O2)c(=O)c2ccccc12. The van der Waals surface area contributed by atoms with Crippen LogP contribution in [0.5, 0.6) is 5.75 Å². The number of ether oxygens (including phenoxy) is 1. The zero-order chi connectivity index (χ0) is 18.1. The van der Waals surface area contributed by atoms with Gasteiger partial charge in [0.1, 0.15) is 18.4 Å². The molecule has 3 aromatic rings. The lowest BCUT2D eigenvalue weighted by Gasteiger charge is -2.13. The van der Waals surface area contributed by atoms with Crippen LogP contribution in [0.1, 0.15) is 11.3 Å². The molecule has 2 aromatic carbocycles. The van der Waals surface area contributed by atoms with Gasteiger partial charge in [0, 0.05) is 11.8 Å². The van der Waals surface area contributed by atoms with E-state index in [4.69, 9.17) is 4.74 Å². The summed E-state index contributed by atoms with van der Waals surface area (Å²) >= 11 is 0.